The minimum Gasteiger partial charge on any atom is -0.462 e. The topological polar surface area (TPSA) is 50.4 Å². The predicted octanol–water partition coefficient (Wildman–Crippen LogP) is 4.57. The van der Waals surface area contributed by atoms with Crippen molar-refractivity contribution in [2.75, 3.05) is 11.9 Å². The number of thiocarbonyl (C=S) groups is 1. The fourth-order valence-corrected chi connectivity index (χ4v) is 3.37. The van der Waals surface area contributed by atoms with E-state index in [4.69, 9.17) is 17.0 Å². The van der Waals surface area contributed by atoms with Gasteiger partial charge in [-0.05, 0) is 62.7 Å². The molecule has 4 nitrogen and oxygen atoms in total. The average Bonchev–Trinajstić information content (AvgIpc) is 2.52. The Morgan fingerprint density at radius 1 is 1.21 bits per heavy atom. The van der Waals surface area contributed by atoms with Gasteiger partial charge in [-0.25, -0.2) is 4.79 Å². The Hall–Kier alpha value is -1.62. The molecule has 0 unspecified atom stereocenters. The highest BCUT2D eigenvalue weighted by molar-refractivity contribution is 7.80. The summed E-state index contributed by atoms with van der Waals surface area (Å²) in [5.41, 5.74) is 2.47. The number of ether oxygens (including phenoxy) is 1. The molecule has 132 valence electrons. The zero-order valence-electron chi connectivity index (χ0n) is 14.7. The fourth-order valence-electron chi connectivity index (χ4n) is 3.09. The Morgan fingerprint density at radius 2 is 1.88 bits per heavy atom. The average molecular weight is 349 g/mol. The molecule has 0 amide bonds. The molecule has 1 aromatic carbocycles. The minimum atomic E-state index is -0.289. The Balaban J connectivity index is 1.92. The lowest BCUT2D eigenvalue weighted by atomic mass is 9.97. The van der Waals surface area contributed by atoms with Gasteiger partial charge >= 0.3 is 5.97 Å². The molecular weight excluding hydrogens is 320 g/mol. The highest BCUT2D eigenvalue weighted by Gasteiger charge is 2.13. The molecule has 24 heavy (non-hydrogen) atoms. The van der Waals surface area contributed by atoms with Crippen molar-refractivity contribution < 1.29 is 9.53 Å². The molecule has 0 aromatic heterocycles. The summed E-state index contributed by atoms with van der Waals surface area (Å²) in [7, 11) is 0. The van der Waals surface area contributed by atoms with Crippen LogP contribution in [0, 0.1) is 6.92 Å². The molecule has 1 aromatic rings. The molecule has 1 aliphatic rings. The maximum absolute atomic E-state index is 11.8. The Kier molecular flexibility index (Phi) is 7.50. The number of hydrogen-bond donors (Lipinski definition) is 2. The number of hydrogen-bond acceptors (Lipinski definition) is 3. The first kappa shape index (κ1) is 18.7. The molecule has 2 rings (SSSR count). The van der Waals surface area contributed by atoms with E-state index in [1.165, 1.54) is 44.9 Å². The number of rotatable bonds is 4. The number of anilines is 1. The number of carbonyl (C=O) groups excluding carboxylic acids is 1. The van der Waals surface area contributed by atoms with E-state index in [2.05, 4.69) is 10.6 Å². The summed E-state index contributed by atoms with van der Waals surface area (Å²) in [4.78, 5) is 11.8. The van der Waals surface area contributed by atoms with Gasteiger partial charge in [-0.1, -0.05) is 32.1 Å². The lowest BCUT2D eigenvalue weighted by Crippen LogP contribution is -2.38. The molecule has 0 radical (unpaired) electrons. The summed E-state index contributed by atoms with van der Waals surface area (Å²) in [6.45, 7) is 4.15. The highest BCUT2D eigenvalue weighted by atomic mass is 32.1. The van der Waals surface area contributed by atoms with Gasteiger partial charge in [0.05, 0.1) is 12.2 Å². The first-order valence-corrected chi connectivity index (χ1v) is 9.36. The van der Waals surface area contributed by atoms with Gasteiger partial charge in [0.2, 0.25) is 0 Å². The van der Waals surface area contributed by atoms with Crippen LogP contribution in [0.15, 0.2) is 18.2 Å². The molecule has 0 spiro atoms. The van der Waals surface area contributed by atoms with Crippen LogP contribution < -0.4 is 10.6 Å². The van der Waals surface area contributed by atoms with Gasteiger partial charge in [-0.15, -0.1) is 0 Å². The van der Waals surface area contributed by atoms with E-state index in [0.29, 0.717) is 23.3 Å². The molecule has 5 heteroatoms. The summed E-state index contributed by atoms with van der Waals surface area (Å²) in [5.74, 6) is -0.289. The van der Waals surface area contributed by atoms with Crippen LogP contribution in [-0.2, 0) is 4.74 Å². The maximum atomic E-state index is 11.8. The molecule has 2 N–H and O–H groups in total. The van der Waals surface area contributed by atoms with Crippen LogP contribution in [-0.4, -0.2) is 23.7 Å². The minimum absolute atomic E-state index is 0.289. The Bertz CT molecular complexity index is 566. The number of carbonyl (C=O) groups is 1. The van der Waals surface area contributed by atoms with Gasteiger partial charge in [0.25, 0.3) is 0 Å². The molecule has 1 aliphatic carbocycles. The number of benzene rings is 1. The zero-order valence-corrected chi connectivity index (χ0v) is 15.5. The molecule has 1 saturated carbocycles. The number of nitrogens with one attached hydrogen (secondary N) is 2. The first-order valence-electron chi connectivity index (χ1n) is 8.95. The maximum Gasteiger partial charge on any atom is 0.338 e. The van der Waals surface area contributed by atoms with E-state index in [0.717, 1.165) is 11.3 Å². The van der Waals surface area contributed by atoms with Crippen molar-refractivity contribution in [2.45, 2.75) is 64.8 Å². The summed E-state index contributed by atoms with van der Waals surface area (Å²) >= 11 is 5.47. The second-order valence-electron chi connectivity index (χ2n) is 6.39. The van der Waals surface area contributed by atoms with E-state index in [1.807, 2.05) is 19.1 Å². The van der Waals surface area contributed by atoms with Gasteiger partial charge in [0.15, 0.2) is 5.11 Å². The van der Waals surface area contributed by atoms with Crippen molar-refractivity contribution in [2.24, 2.45) is 0 Å². The van der Waals surface area contributed by atoms with Crippen LogP contribution in [0.3, 0.4) is 0 Å². The number of aryl methyl sites for hydroxylation is 1. The van der Waals surface area contributed by atoms with Crippen LogP contribution in [0.5, 0.6) is 0 Å². The van der Waals surface area contributed by atoms with Gasteiger partial charge < -0.3 is 15.4 Å². The molecule has 0 atom stereocenters. The van der Waals surface area contributed by atoms with E-state index in [9.17, 15) is 4.79 Å². The molecule has 0 bridgehead atoms. The van der Waals surface area contributed by atoms with Crippen molar-refractivity contribution in [3.8, 4) is 0 Å². The van der Waals surface area contributed by atoms with Gasteiger partial charge in [-0.2, -0.15) is 0 Å². The van der Waals surface area contributed by atoms with Crippen LogP contribution in [0.1, 0.15) is 67.8 Å². The Labute approximate surface area is 150 Å². The van der Waals surface area contributed by atoms with Crippen molar-refractivity contribution in [1.82, 2.24) is 5.32 Å². The first-order chi connectivity index (χ1) is 11.6. The molecular formula is C19H28N2O2S. The summed E-state index contributed by atoms with van der Waals surface area (Å²) in [6.07, 6.45) is 8.92. The zero-order chi connectivity index (χ0) is 17.4. The number of esters is 1. The Morgan fingerprint density at radius 3 is 2.50 bits per heavy atom. The molecule has 0 heterocycles. The van der Waals surface area contributed by atoms with Crippen LogP contribution >= 0.6 is 12.2 Å². The standard InChI is InChI=1S/C19H28N2O2S/c1-3-23-18(22)15-11-12-17(14(2)13-15)21-19(24)20-16-9-7-5-4-6-8-10-16/h11-13,16H,3-10H2,1-2H3,(H2,20,21,24). The van der Waals surface area contributed by atoms with Gasteiger partial charge in [0, 0.05) is 11.7 Å². The van der Waals surface area contributed by atoms with Gasteiger partial charge in [0.1, 0.15) is 0 Å². The molecule has 1 fully saturated rings. The highest BCUT2D eigenvalue weighted by Crippen LogP contribution is 2.19. The lowest BCUT2D eigenvalue weighted by Gasteiger charge is -2.23. The van der Waals surface area contributed by atoms with Crippen molar-refractivity contribution in [3.05, 3.63) is 29.3 Å². The normalized spacial score (nSPS) is 15.9. The van der Waals surface area contributed by atoms with Crippen LogP contribution in [0.2, 0.25) is 0 Å². The predicted molar refractivity (Wildman–Crippen MR) is 103 cm³/mol. The molecule has 0 aliphatic heterocycles. The summed E-state index contributed by atoms with van der Waals surface area (Å²) in [6, 6.07) is 5.95. The fraction of sp³-hybridized carbons (Fsp3) is 0.579. The largest absolute Gasteiger partial charge is 0.462 e. The van der Waals surface area contributed by atoms with E-state index in [-0.39, 0.29) is 5.97 Å². The van der Waals surface area contributed by atoms with Crippen molar-refractivity contribution in [3.63, 3.8) is 0 Å². The third-order valence-corrected chi connectivity index (χ3v) is 4.65. The molecule has 0 saturated heterocycles. The third-order valence-electron chi connectivity index (χ3n) is 4.43. The smallest absolute Gasteiger partial charge is 0.338 e. The monoisotopic (exact) mass is 348 g/mol. The second kappa shape index (κ2) is 9.62. The lowest BCUT2D eigenvalue weighted by molar-refractivity contribution is 0.0526. The van der Waals surface area contributed by atoms with Crippen molar-refractivity contribution in [1.29, 1.82) is 0 Å². The van der Waals surface area contributed by atoms with Crippen LogP contribution in [0.4, 0.5) is 5.69 Å². The van der Waals surface area contributed by atoms with Crippen molar-refractivity contribution >= 4 is 29.0 Å². The summed E-state index contributed by atoms with van der Waals surface area (Å²) in [5, 5.41) is 7.37. The quantitative estimate of drug-likeness (QED) is 0.616. The van der Waals surface area contributed by atoms with E-state index < -0.39 is 0 Å². The van der Waals surface area contributed by atoms with E-state index >= 15 is 0 Å². The van der Waals surface area contributed by atoms with Crippen LogP contribution in [0.25, 0.3) is 0 Å². The SMILES string of the molecule is CCOC(=O)c1ccc(NC(=S)NC2CCCCCCC2)c(C)c1. The third kappa shape index (κ3) is 5.78. The van der Waals surface area contributed by atoms with E-state index in [1.54, 1.807) is 13.0 Å². The summed E-state index contributed by atoms with van der Waals surface area (Å²) < 4.78 is 5.03. The second-order valence-corrected chi connectivity index (χ2v) is 6.80. The van der Waals surface area contributed by atoms with Gasteiger partial charge in [-0.3, -0.25) is 0 Å².